The molecule has 1 aromatic heterocycles. The lowest BCUT2D eigenvalue weighted by atomic mass is 10.1. The highest BCUT2D eigenvalue weighted by atomic mass is 16.4. The molecule has 1 N–H and O–H groups in total. The Kier molecular flexibility index (Phi) is 2.99. The van der Waals surface area contributed by atoms with Gasteiger partial charge in [-0.3, -0.25) is 0 Å². The van der Waals surface area contributed by atoms with Crippen LogP contribution in [0.25, 0.3) is 11.0 Å². The number of fused-ring (bicyclic) bond motifs is 1. The van der Waals surface area contributed by atoms with Gasteiger partial charge in [-0.15, -0.1) is 0 Å². The van der Waals surface area contributed by atoms with Crippen molar-refractivity contribution in [3.63, 3.8) is 0 Å². The van der Waals surface area contributed by atoms with Gasteiger partial charge in [0.2, 0.25) is 0 Å². The van der Waals surface area contributed by atoms with Gasteiger partial charge >= 0.3 is 5.97 Å². The zero-order valence-corrected chi connectivity index (χ0v) is 11.1. The van der Waals surface area contributed by atoms with Crippen molar-refractivity contribution in [3.8, 4) is 0 Å². The Bertz CT molecular complexity index is 790. The van der Waals surface area contributed by atoms with Gasteiger partial charge in [0.15, 0.2) is 0 Å². The Morgan fingerprint density at radius 2 is 2.05 bits per heavy atom. The maximum atomic E-state index is 11.3. The quantitative estimate of drug-likeness (QED) is 0.792. The van der Waals surface area contributed by atoms with E-state index in [9.17, 15) is 9.90 Å². The second-order valence-corrected chi connectivity index (χ2v) is 4.84. The van der Waals surface area contributed by atoms with Crippen LogP contribution < -0.4 is 0 Å². The van der Waals surface area contributed by atoms with Crippen LogP contribution in [-0.2, 0) is 6.54 Å². The highest BCUT2D eigenvalue weighted by molar-refractivity contribution is 6.01. The summed E-state index contributed by atoms with van der Waals surface area (Å²) < 4.78 is 1.88. The Morgan fingerprint density at radius 1 is 1.25 bits per heavy atom. The number of carbonyl (C=O) groups is 1. The van der Waals surface area contributed by atoms with Crippen molar-refractivity contribution in [1.29, 1.82) is 0 Å². The number of carboxylic acid groups (broad SMARTS) is 1. The largest absolute Gasteiger partial charge is 0.478 e. The van der Waals surface area contributed by atoms with E-state index in [1.807, 2.05) is 35.8 Å². The maximum Gasteiger partial charge on any atom is 0.337 e. The molecule has 0 atom stereocenters. The molecule has 0 amide bonds. The SMILES string of the molecule is Cc1cccc(Cn2cnc3cccc(C(=O)O)c32)c1. The van der Waals surface area contributed by atoms with E-state index in [0.717, 1.165) is 5.56 Å². The van der Waals surface area contributed by atoms with Gasteiger partial charge in [0.1, 0.15) is 0 Å². The van der Waals surface area contributed by atoms with Gasteiger partial charge in [-0.2, -0.15) is 0 Å². The lowest BCUT2D eigenvalue weighted by Crippen LogP contribution is -2.04. The fourth-order valence-electron chi connectivity index (χ4n) is 2.43. The molecule has 1 heterocycles. The molecule has 2 aromatic carbocycles. The zero-order chi connectivity index (χ0) is 14.1. The number of aryl methyl sites for hydroxylation is 1. The second-order valence-electron chi connectivity index (χ2n) is 4.84. The van der Waals surface area contributed by atoms with Crippen LogP contribution in [0.4, 0.5) is 0 Å². The molecule has 0 saturated heterocycles. The van der Waals surface area contributed by atoms with E-state index in [0.29, 0.717) is 17.6 Å². The van der Waals surface area contributed by atoms with E-state index in [1.54, 1.807) is 18.5 Å². The van der Waals surface area contributed by atoms with E-state index in [4.69, 9.17) is 0 Å². The van der Waals surface area contributed by atoms with Crippen LogP contribution in [-0.4, -0.2) is 20.6 Å². The highest BCUT2D eigenvalue weighted by Crippen LogP contribution is 2.19. The van der Waals surface area contributed by atoms with Gasteiger partial charge in [0, 0.05) is 6.54 Å². The lowest BCUT2D eigenvalue weighted by Gasteiger charge is -2.07. The summed E-state index contributed by atoms with van der Waals surface area (Å²) in [6.45, 7) is 2.65. The minimum absolute atomic E-state index is 0.285. The molecule has 100 valence electrons. The van der Waals surface area contributed by atoms with Crippen LogP contribution in [0.5, 0.6) is 0 Å². The summed E-state index contributed by atoms with van der Waals surface area (Å²) in [5.74, 6) is -0.929. The van der Waals surface area contributed by atoms with Crippen molar-refractivity contribution < 1.29 is 9.90 Å². The molecule has 3 aromatic rings. The molecule has 4 nitrogen and oxygen atoms in total. The number of carboxylic acids is 1. The minimum atomic E-state index is -0.929. The van der Waals surface area contributed by atoms with Gasteiger partial charge in [-0.25, -0.2) is 9.78 Å². The molecule has 0 radical (unpaired) electrons. The first-order chi connectivity index (χ1) is 9.65. The van der Waals surface area contributed by atoms with E-state index in [2.05, 4.69) is 11.1 Å². The van der Waals surface area contributed by atoms with Crippen molar-refractivity contribution in [2.24, 2.45) is 0 Å². The number of aromatic nitrogens is 2. The molecule has 0 saturated carbocycles. The van der Waals surface area contributed by atoms with Crippen molar-refractivity contribution in [1.82, 2.24) is 9.55 Å². The predicted molar refractivity (Wildman–Crippen MR) is 77.0 cm³/mol. The van der Waals surface area contributed by atoms with E-state index < -0.39 is 5.97 Å². The summed E-state index contributed by atoms with van der Waals surface area (Å²) in [6.07, 6.45) is 1.69. The highest BCUT2D eigenvalue weighted by Gasteiger charge is 2.13. The summed E-state index contributed by atoms with van der Waals surface area (Å²) in [7, 11) is 0. The molecule has 4 heteroatoms. The first-order valence-electron chi connectivity index (χ1n) is 6.38. The number of nitrogens with zero attached hydrogens (tertiary/aromatic N) is 2. The normalized spacial score (nSPS) is 10.8. The molecule has 0 aliphatic rings. The molecule has 0 fully saturated rings. The fraction of sp³-hybridized carbons (Fsp3) is 0.125. The van der Waals surface area contributed by atoms with Crippen molar-refractivity contribution >= 4 is 17.0 Å². The van der Waals surface area contributed by atoms with Crippen LogP contribution in [0.1, 0.15) is 21.5 Å². The number of aromatic carboxylic acids is 1. The average Bonchev–Trinajstić information content (AvgIpc) is 2.82. The van der Waals surface area contributed by atoms with Gasteiger partial charge in [-0.1, -0.05) is 35.9 Å². The Morgan fingerprint density at radius 3 is 2.80 bits per heavy atom. The van der Waals surface area contributed by atoms with Crippen molar-refractivity contribution in [2.45, 2.75) is 13.5 Å². The summed E-state index contributed by atoms with van der Waals surface area (Å²) >= 11 is 0. The maximum absolute atomic E-state index is 11.3. The lowest BCUT2D eigenvalue weighted by molar-refractivity contribution is 0.0698. The van der Waals surface area contributed by atoms with Crippen LogP contribution in [0.15, 0.2) is 48.8 Å². The molecule has 0 spiro atoms. The monoisotopic (exact) mass is 266 g/mol. The Hall–Kier alpha value is -2.62. The molecule has 0 unspecified atom stereocenters. The second kappa shape index (κ2) is 4.81. The molecule has 20 heavy (non-hydrogen) atoms. The number of benzene rings is 2. The standard InChI is InChI=1S/C16H14N2O2/c1-11-4-2-5-12(8-11)9-18-10-17-14-7-3-6-13(15(14)18)16(19)20/h2-8,10H,9H2,1H3,(H,19,20). The van der Waals surface area contributed by atoms with Crippen LogP contribution in [0, 0.1) is 6.92 Å². The van der Waals surface area contributed by atoms with Gasteiger partial charge in [0.25, 0.3) is 0 Å². The van der Waals surface area contributed by atoms with E-state index in [-0.39, 0.29) is 5.56 Å². The number of hydrogen-bond donors (Lipinski definition) is 1. The first-order valence-corrected chi connectivity index (χ1v) is 6.38. The smallest absolute Gasteiger partial charge is 0.337 e. The summed E-state index contributed by atoms with van der Waals surface area (Å²) in [5, 5.41) is 9.29. The van der Waals surface area contributed by atoms with Crippen LogP contribution in [0.3, 0.4) is 0 Å². The third-order valence-electron chi connectivity index (χ3n) is 3.30. The topological polar surface area (TPSA) is 55.1 Å². The van der Waals surface area contributed by atoms with Crippen LogP contribution in [0.2, 0.25) is 0 Å². The molecular weight excluding hydrogens is 252 g/mol. The Labute approximate surface area is 116 Å². The number of hydrogen-bond acceptors (Lipinski definition) is 2. The van der Waals surface area contributed by atoms with Crippen LogP contribution >= 0.6 is 0 Å². The predicted octanol–water partition coefficient (Wildman–Crippen LogP) is 3.09. The third-order valence-corrected chi connectivity index (χ3v) is 3.30. The summed E-state index contributed by atoms with van der Waals surface area (Å²) in [5.41, 5.74) is 3.97. The molecule has 0 bridgehead atoms. The summed E-state index contributed by atoms with van der Waals surface area (Å²) in [4.78, 5) is 15.6. The third kappa shape index (κ3) is 2.16. The van der Waals surface area contributed by atoms with E-state index in [1.165, 1.54) is 5.56 Å². The van der Waals surface area contributed by atoms with E-state index >= 15 is 0 Å². The van der Waals surface area contributed by atoms with Gasteiger partial charge in [-0.05, 0) is 24.6 Å². The zero-order valence-electron chi connectivity index (χ0n) is 11.1. The minimum Gasteiger partial charge on any atom is -0.478 e. The number of imidazole rings is 1. The first kappa shape index (κ1) is 12.4. The van der Waals surface area contributed by atoms with Crippen molar-refractivity contribution in [3.05, 3.63) is 65.5 Å². The van der Waals surface area contributed by atoms with Crippen molar-refractivity contribution in [2.75, 3.05) is 0 Å². The molecular formula is C16H14N2O2. The molecule has 0 aliphatic heterocycles. The Balaban J connectivity index is 2.10. The average molecular weight is 266 g/mol. The van der Waals surface area contributed by atoms with Gasteiger partial charge < -0.3 is 9.67 Å². The van der Waals surface area contributed by atoms with Gasteiger partial charge in [0.05, 0.1) is 22.9 Å². The fourth-order valence-corrected chi connectivity index (χ4v) is 2.43. The summed E-state index contributed by atoms with van der Waals surface area (Å²) in [6, 6.07) is 13.3. The molecule has 0 aliphatic carbocycles. The molecule has 3 rings (SSSR count). The number of rotatable bonds is 3. The number of para-hydroxylation sites is 1.